The quantitative estimate of drug-likeness (QED) is 0.506. The van der Waals surface area contributed by atoms with Crippen molar-refractivity contribution >= 4 is 11.8 Å². The average Bonchev–Trinajstić information content (AvgIpc) is 2.18. The van der Waals surface area contributed by atoms with Gasteiger partial charge in [-0.05, 0) is 12.1 Å². The Morgan fingerprint density at radius 2 is 1.86 bits per heavy atom. The monoisotopic (exact) mass is 189 g/mol. The second-order valence-corrected chi connectivity index (χ2v) is 2.48. The molecule has 1 aromatic rings. The fraction of sp³-hybridized carbons (Fsp3) is 0. The maximum Gasteiger partial charge on any atom is 0.265 e. The fourth-order valence-corrected chi connectivity index (χ4v) is 1.01. The molecule has 0 saturated heterocycles. The minimum atomic E-state index is -0.700. The number of amides is 2. The maximum atomic E-state index is 11.2. The molecule has 0 heterocycles. The number of hydrogen-bond acceptors (Lipinski definition) is 3. The summed E-state index contributed by atoms with van der Waals surface area (Å²) < 4.78 is 0. The van der Waals surface area contributed by atoms with Gasteiger partial charge in [0.2, 0.25) is 5.91 Å². The van der Waals surface area contributed by atoms with Crippen LogP contribution >= 0.6 is 0 Å². The Morgan fingerprint density at radius 1 is 1.29 bits per heavy atom. The Kier molecular flexibility index (Phi) is 2.82. The first-order chi connectivity index (χ1) is 6.66. The summed E-state index contributed by atoms with van der Waals surface area (Å²) in [5.41, 5.74) is 5.24. The standard InChI is InChI=1S/C9H7N3O2/c10-5-12-9(14)7-4-2-1-3-6(7)8(11)13/h1-4H,(H2,11,13)(H,12,14). The highest BCUT2D eigenvalue weighted by molar-refractivity contribution is 6.07. The topological polar surface area (TPSA) is 96.0 Å². The summed E-state index contributed by atoms with van der Waals surface area (Å²) >= 11 is 0. The number of carbonyl (C=O) groups excluding carboxylic acids is 2. The zero-order chi connectivity index (χ0) is 10.6. The third kappa shape index (κ3) is 1.87. The van der Waals surface area contributed by atoms with E-state index in [0.29, 0.717) is 0 Å². The predicted molar refractivity (Wildman–Crippen MR) is 48.0 cm³/mol. The van der Waals surface area contributed by atoms with E-state index in [4.69, 9.17) is 11.0 Å². The molecule has 0 aliphatic rings. The summed E-state index contributed by atoms with van der Waals surface area (Å²) in [6, 6.07) is 6.02. The number of nitriles is 1. The van der Waals surface area contributed by atoms with Crippen molar-refractivity contribution in [2.75, 3.05) is 0 Å². The van der Waals surface area contributed by atoms with Gasteiger partial charge in [-0.15, -0.1) is 0 Å². The van der Waals surface area contributed by atoms with Gasteiger partial charge in [-0.2, -0.15) is 5.26 Å². The number of primary amides is 1. The summed E-state index contributed by atoms with van der Waals surface area (Å²) in [4.78, 5) is 22.1. The number of nitrogens with two attached hydrogens (primary N) is 1. The van der Waals surface area contributed by atoms with Crippen molar-refractivity contribution in [1.82, 2.24) is 5.32 Å². The summed E-state index contributed by atoms with van der Waals surface area (Å²) in [6.45, 7) is 0. The van der Waals surface area contributed by atoms with Gasteiger partial charge < -0.3 is 5.73 Å². The van der Waals surface area contributed by atoms with Crippen LogP contribution in [0.2, 0.25) is 0 Å². The van der Waals surface area contributed by atoms with E-state index in [1.54, 1.807) is 12.1 Å². The minimum Gasteiger partial charge on any atom is -0.366 e. The van der Waals surface area contributed by atoms with Crippen LogP contribution in [-0.4, -0.2) is 11.8 Å². The van der Waals surface area contributed by atoms with Crippen LogP contribution in [0.4, 0.5) is 0 Å². The second kappa shape index (κ2) is 4.05. The molecule has 1 rings (SSSR count). The Balaban J connectivity index is 3.15. The average molecular weight is 189 g/mol. The maximum absolute atomic E-state index is 11.2. The predicted octanol–water partition coefficient (Wildman–Crippen LogP) is -0.00362. The van der Waals surface area contributed by atoms with E-state index in [9.17, 15) is 9.59 Å². The molecule has 0 atom stereocenters. The normalized spacial score (nSPS) is 8.79. The zero-order valence-electron chi connectivity index (χ0n) is 7.15. The van der Waals surface area contributed by atoms with Crippen molar-refractivity contribution in [2.45, 2.75) is 0 Å². The molecule has 0 radical (unpaired) electrons. The molecule has 0 aliphatic heterocycles. The summed E-state index contributed by atoms with van der Waals surface area (Å²) in [5.74, 6) is -1.34. The Morgan fingerprint density at radius 3 is 2.36 bits per heavy atom. The number of rotatable bonds is 2. The van der Waals surface area contributed by atoms with Gasteiger partial charge >= 0.3 is 0 Å². The van der Waals surface area contributed by atoms with E-state index in [-0.39, 0.29) is 11.1 Å². The Labute approximate surface area is 80.1 Å². The van der Waals surface area contributed by atoms with E-state index < -0.39 is 11.8 Å². The largest absolute Gasteiger partial charge is 0.366 e. The summed E-state index contributed by atoms with van der Waals surface area (Å²) in [6.07, 6.45) is 1.48. The number of nitrogens with zero attached hydrogens (tertiary/aromatic N) is 1. The lowest BCUT2D eigenvalue weighted by Gasteiger charge is -2.02. The highest BCUT2D eigenvalue weighted by Gasteiger charge is 2.13. The molecule has 0 fully saturated rings. The van der Waals surface area contributed by atoms with Crippen molar-refractivity contribution in [1.29, 1.82) is 5.26 Å². The van der Waals surface area contributed by atoms with E-state index in [0.717, 1.165) is 0 Å². The van der Waals surface area contributed by atoms with Crippen LogP contribution in [0.5, 0.6) is 0 Å². The number of nitrogens with one attached hydrogen (secondary N) is 1. The van der Waals surface area contributed by atoms with Gasteiger partial charge in [0, 0.05) is 0 Å². The molecule has 14 heavy (non-hydrogen) atoms. The van der Waals surface area contributed by atoms with Crippen molar-refractivity contribution in [2.24, 2.45) is 5.73 Å². The molecular weight excluding hydrogens is 182 g/mol. The van der Waals surface area contributed by atoms with Crippen LogP contribution in [0.3, 0.4) is 0 Å². The first-order valence-electron chi connectivity index (χ1n) is 3.75. The van der Waals surface area contributed by atoms with Gasteiger partial charge in [-0.3, -0.25) is 14.9 Å². The number of carbonyl (C=O) groups is 2. The van der Waals surface area contributed by atoms with Crippen molar-refractivity contribution in [3.8, 4) is 6.19 Å². The van der Waals surface area contributed by atoms with Gasteiger partial charge in [0.05, 0.1) is 11.1 Å². The van der Waals surface area contributed by atoms with Gasteiger partial charge in [-0.1, -0.05) is 12.1 Å². The van der Waals surface area contributed by atoms with Gasteiger partial charge in [0.15, 0.2) is 6.19 Å². The van der Waals surface area contributed by atoms with Gasteiger partial charge in [0.25, 0.3) is 5.91 Å². The SMILES string of the molecule is N#CNC(=O)c1ccccc1C(N)=O. The lowest BCUT2D eigenvalue weighted by atomic mass is 10.1. The molecule has 70 valence electrons. The first-order valence-corrected chi connectivity index (χ1v) is 3.75. The van der Waals surface area contributed by atoms with Crippen molar-refractivity contribution in [3.05, 3.63) is 35.4 Å². The van der Waals surface area contributed by atoms with E-state index in [2.05, 4.69) is 0 Å². The van der Waals surface area contributed by atoms with Crippen LogP contribution in [-0.2, 0) is 0 Å². The molecule has 2 amide bonds. The Hall–Kier alpha value is -2.35. The van der Waals surface area contributed by atoms with Crippen molar-refractivity contribution < 1.29 is 9.59 Å². The molecule has 0 aromatic heterocycles. The molecule has 0 saturated carbocycles. The second-order valence-electron chi connectivity index (χ2n) is 2.48. The lowest BCUT2D eigenvalue weighted by molar-refractivity contribution is 0.0950. The van der Waals surface area contributed by atoms with Gasteiger partial charge in [0.1, 0.15) is 0 Å². The highest BCUT2D eigenvalue weighted by atomic mass is 16.2. The molecule has 0 aliphatic carbocycles. The first kappa shape index (κ1) is 9.74. The molecule has 5 nitrogen and oxygen atoms in total. The van der Waals surface area contributed by atoms with Crippen LogP contribution in [0, 0.1) is 11.5 Å². The highest BCUT2D eigenvalue weighted by Crippen LogP contribution is 2.07. The molecule has 3 N–H and O–H groups in total. The van der Waals surface area contributed by atoms with E-state index in [1.165, 1.54) is 18.3 Å². The fourth-order valence-electron chi connectivity index (χ4n) is 1.01. The Bertz CT molecular complexity index is 420. The molecule has 1 aromatic carbocycles. The zero-order valence-corrected chi connectivity index (χ0v) is 7.15. The molecule has 5 heteroatoms. The van der Waals surface area contributed by atoms with Gasteiger partial charge in [-0.25, -0.2) is 0 Å². The summed E-state index contributed by atoms with van der Waals surface area (Å²) in [5, 5.41) is 10.1. The molecule has 0 spiro atoms. The summed E-state index contributed by atoms with van der Waals surface area (Å²) in [7, 11) is 0. The number of hydrogen-bond donors (Lipinski definition) is 2. The van der Waals surface area contributed by atoms with Crippen LogP contribution in [0.25, 0.3) is 0 Å². The lowest BCUT2D eigenvalue weighted by Crippen LogP contribution is -2.23. The number of benzene rings is 1. The van der Waals surface area contributed by atoms with Crippen molar-refractivity contribution in [3.63, 3.8) is 0 Å². The van der Waals surface area contributed by atoms with E-state index in [1.807, 2.05) is 5.32 Å². The third-order valence-electron chi connectivity index (χ3n) is 1.61. The molecule has 0 unspecified atom stereocenters. The molecular formula is C9H7N3O2. The van der Waals surface area contributed by atoms with Crippen LogP contribution < -0.4 is 11.1 Å². The smallest absolute Gasteiger partial charge is 0.265 e. The third-order valence-corrected chi connectivity index (χ3v) is 1.61. The minimum absolute atomic E-state index is 0.0975. The molecule has 0 bridgehead atoms. The van der Waals surface area contributed by atoms with E-state index >= 15 is 0 Å². The van der Waals surface area contributed by atoms with Crippen LogP contribution in [0.1, 0.15) is 20.7 Å². The van der Waals surface area contributed by atoms with Crippen LogP contribution in [0.15, 0.2) is 24.3 Å².